The molecule has 0 radical (unpaired) electrons. The average molecular weight is 736 g/mol. The first-order valence-electron chi connectivity index (χ1n) is 22.9. The molecule has 0 fully saturated rings. The molecule has 0 aliphatic carbocycles. The second-order valence-electron chi connectivity index (χ2n) is 15.7. The minimum absolute atomic E-state index is 0.0339. The van der Waals surface area contributed by atoms with E-state index in [1.54, 1.807) is 0 Å². The molecule has 52 heavy (non-hydrogen) atoms. The fourth-order valence-electron chi connectivity index (χ4n) is 6.98. The van der Waals surface area contributed by atoms with Crippen molar-refractivity contribution < 1.29 is 24.5 Å². The van der Waals surface area contributed by atoms with Crippen LogP contribution in [0.2, 0.25) is 0 Å². The maximum Gasteiger partial charge on any atom is 0.305 e. The first kappa shape index (κ1) is 50.6. The zero-order chi connectivity index (χ0) is 38.0. The summed E-state index contributed by atoms with van der Waals surface area (Å²) in [4.78, 5) is 24.4. The van der Waals surface area contributed by atoms with Gasteiger partial charge < -0.3 is 20.3 Å². The number of aliphatic hydroxyl groups excluding tert-OH is 2. The van der Waals surface area contributed by atoms with Gasteiger partial charge in [0.2, 0.25) is 5.91 Å². The van der Waals surface area contributed by atoms with Gasteiger partial charge in [-0.2, -0.15) is 0 Å². The summed E-state index contributed by atoms with van der Waals surface area (Å²) in [5, 5.41) is 23.1. The normalized spacial score (nSPS) is 12.8. The summed E-state index contributed by atoms with van der Waals surface area (Å²) in [6.07, 6.45) is 45.9. The number of rotatable bonds is 42. The molecule has 0 bridgehead atoms. The molecule has 2 atom stereocenters. The molecule has 0 spiro atoms. The van der Waals surface area contributed by atoms with E-state index in [0.717, 1.165) is 57.8 Å². The fourth-order valence-corrected chi connectivity index (χ4v) is 6.98. The van der Waals surface area contributed by atoms with Gasteiger partial charge in [-0.15, -0.1) is 0 Å². The van der Waals surface area contributed by atoms with Crippen LogP contribution in [0.3, 0.4) is 0 Å². The van der Waals surface area contributed by atoms with E-state index in [9.17, 15) is 19.8 Å². The monoisotopic (exact) mass is 736 g/mol. The van der Waals surface area contributed by atoms with E-state index in [2.05, 4.69) is 31.3 Å². The Bertz CT molecular complexity index is 772. The van der Waals surface area contributed by atoms with Crippen LogP contribution in [0.5, 0.6) is 0 Å². The Morgan fingerprint density at radius 2 is 0.904 bits per heavy atom. The number of nitrogens with one attached hydrogen (secondary N) is 1. The van der Waals surface area contributed by atoms with Gasteiger partial charge in [-0.3, -0.25) is 9.59 Å². The highest BCUT2D eigenvalue weighted by atomic mass is 16.5. The van der Waals surface area contributed by atoms with Crippen molar-refractivity contribution in [2.45, 2.75) is 257 Å². The first-order valence-corrected chi connectivity index (χ1v) is 22.9. The van der Waals surface area contributed by atoms with Gasteiger partial charge in [0.05, 0.1) is 25.4 Å². The summed E-state index contributed by atoms with van der Waals surface area (Å²) in [6.45, 7) is 4.86. The van der Waals surface area contributed by atoms with Gasteiger partial charge in [-0.1, -0.05) is 193 Å². The minimum atomic E-state index is -0.679. The van der Waals surface area contributed by atoms with Crippen molar-refractivity contribution in [1.29, 1.82) is 0 Å². The van der Waals surface area contributed by atoms with Gasteiger partial charge in [0.1, 0.15) is 0 Å². The molecular weight excluding hydrogens is 647 g/mol. The van der Waals surface area contributed by atoms with Crippen LogP contribution in [0.4, 0.5) is 0 Å². The number of ether oxygens (including phenoxy) is 1. The molecule has 0 aliphatic heterocycles. The predicted molar refractivity (Wildman–Crippen MR) is 223 cm³/mol. The van der Waals surface area contributed by atoms with E-state index in [1.807, 2.05) is 0 Å². The van der Waals surface area contributed by atoms with Crippen LogP contribution < -0.4 is 5.32 Å². The maximum absolute atomic E-state index is 12.4. The number of hydrogen-bond donors (Lipinski definition) is 3. The molecule has 3 N–H and O–H groups in total. The molecular formula is C46H89NO5. The largest absolute Gasteiger partial charge is 0.466 e. The zero-order valence-corrected chi connectivity index (χ0v) is 34.8. The third-order valence-electron chi connectivity index (χ3n) is 10.6. The number of allylic oxidation sites excluding steroid dienone is 2. The number of unbranched alkanes of at least 4 members (excludes halogenated alkanes) is 29. The Labute approximate surface area is 323 Å². The summed E-state index contributed by atoms with van der Waals surface area (Å²) in [5.41, 5.74) is 0. The van der Waals surface area contributed by atoms with Crippen LogP contribution in [0.25, 0.3) is 0 Å². The summed E-state index contributed by atoms with van der Waals surface area (Å²) in [7, 11) is 0. The van der Waals surface area contributed by atoms with Gasteiger partial charge in [-0.25, -0.2) is 0 Å². The van der Waals surface area contributed by atoms with Crippen LogP contribution in [0.1, 0.15) is 245 Å². The molecule has 0 saturated heterocycles. The Balaban J connectivity index is 3.50. The van der Waals surface area contributed by atoms with Crippen LogP contribution in [0.15, 0.2) is 12.2 Å². The number of hydrogen-bond acceptors (Lipinski definition) is 5. The number of aliphatic hydroxyl groups is 2. The number of carbonyl (C=O) groups excluding carboxylic acids is 2. The first-order chi connectivity index (χ1) is 25.5. The molecule has 308 valence electrons. The van der Waals surface area contributed by atoms with Crippen LogP contribution in [0, 0.1) is 0 Å². The maximum atomic E-state index is 12.4. The highest BCUT2D eigenvalue weighted by Gasteiger charge is 2.20. The Morgan fingerprint density at radius 3 is 1.37 bits per heavy atom. The van der Waals surface area contributed by atoms with E-state index in [0.29, 0.717) is 25.9 Å². The quantitative estimate of drug-likeness (QED) is 0.0329. The molecule has 1 amide bonds. The lowest BCUT2D eigenvalue weighted by Gasteiger charge is -2.22. The molecule has 6 heteroatoms. The van der Waals surface area contributed by atoms with E-state index in [-0.39, 0.29) is 18.5 Å². The molecule has 0 heterocycles. The van der Waals surface area contributed by atoms with Crippen molar-refractivity contribution in [2.75, 3.05) is 13.2 Å². The summed E-state index contributed by atoms with van der Waals surface area (Å²) in [5.74, 6) is -0.0978. The van der Waals surface area contributed by atoms with Crippen LogP contribution in [-0.4, -0.2) is 47.4 Å². The smallest absolute Gasteiger partial charge is 0.305 e. The summed E-state index contributed by atoms with van der Waals surface area (Å²) >= 11 is 0. The third kappa shape index (κ3) is 38.3. The Morgan fingerprint density at radius 1 is 0.519 bits per heavy atom. The highest BCUT2D eigenvalue weighted by molar-refractivity contribution is 5.76. The van der Waals surface area contributed by atoms with Crippen molar-refractivity contribution in [3.63, 3.8) is 0 Å². The molecule has 0 aromatic rings. The SMILES string of the molecule is CCCCCCC/C=C\CCCCCCCC(=O)OCCCCCCCCCCCC(=O)NC(CO)C(O)CCCCCCCCCCCCCC. The van der Waals surface area contributed by atoms with Crippen molar-refractivity contribution in [1.82, 2.24) is 5.32 Å². The summed E-state index contributed by atoms with van der Waals surface area (Å²) in [6, 6.07) is -0.559. The molecule has 6 nitrogen and oxygen atoms in total. The fraction of sp³-hybridized carbons (Fsp3) is 0.913. The van der Waals surface area contributed by atoms with Crippen molar-refractivity contribution in [2.24, 2.45) is 0 Å². The van der Waals surface area contributed by atoms with Crippen LogP contribution in [-0.2, 0) is 14.3 Å². The highest BCUT2D eigenvalue weighted by Crippen LogP contribution is 2.15. The number of esters is 1. The second kappa shape index (κ2) is 42.3. The minimum Gasteiger partial charge on any atom is -0.466 e. The number of carbonyl (C=O) groups is 2. The lowest BCUT2D eigenvalue weighted by atomic mass is 10.0. The third-order valence-corrected chi connectivity index (χ3v) is 10.6. The zero-order valence-electron chi connectivity index (χ0n) is 34.8. The molecule has 0 aromatic heterocycles. The lowest BCUT2D eigenvalue weighted by molar-refractivity contribution is -0.143. The molecule has 0 aromatic carbocycles. The van der Waals surface area contributed by atoms with Gasteiger partial charge >= 0.3 is 5.97 Å². The van der Waals surface area contributed by atoms with Gasteiger partial charge in [-0.05, 0) is 51.4 Å². The summed E-state index contributed by atoms with van der Waals surface area (Å²) < 4.78 is 5.43. The van der Waals surface area contributed by atoms with E-state index < -0.39 is 12.1 Å². The standard InChI is InChI=1S/C46H89NO5/c1-3-5-7-9-11-13-15-17-18-20-24-28-32-36-40-46(51)52-41-37-33-29-25-21-23-27-31-35-39-45(50)47-43(42-48)44(49)38-34-30-26-22-19-16-14-12-10-8-6-4-2/h15,17,43-44,48-49H,3-14,16,18-42H2,1-2H3,(H,47,50)/b17-15-. The molecule has 0 saturated carbocycles. The molecule has 0 rings (SSSR count). The predicted octanol–water partition coefficient (Wildman–Crippen LogP) is 13.0. The average Bonchev–Trinajstić information content (AvgIpc) is 3.14. The van der Waals surface area contributed by atoms with Crippen molar-refractivity contribution >= 4 is 11.9 Å². The van der Waals surface area contributed by atoms with Crippen molar-refractivity contribution in [3.8, 4) is 0 Å². The van der Waals surface area contributed by atoms with Crippen molar-refractivity contribution in [3.05, 3.63) is 12.2 Å². The van der Waals surface area contributed by atoms with Gasteiger partial charge in [0.15, 0.2) is 0 Å². The van der Waals surface area contributed by atoms with E-state index >= 15 is 0 Å². The molecule has 2 unspecified atom stereocenters. The topological polar surface area (TPSA) is 95.9 Å². The lowest BCUT2D eigenvalue weighted by Crippen LogP contribution is -2.45. The van der Waals surface area contributed by atoms with E-state index in [4.69, 9.17) is 4.74 Å². The van der Waals surface area contributed by atoms with Gasteiger partial charge in [0, 0.05) is 12.8 Å². The Hall–Kier alpha value is -1.40. The van der Waals surface area contributed by atoms with Gasteiger partial charge in [0.25, 0.3) is 0 Å². The Kier molecular flexibility index (Phi) is 41.2. The molecule has 0 aliphatic rings. The van der Waals surface area contributed by atoms with E-state index in [1.165, 1.54) is 154 Å². The number of amides is 1. The second-order valence-corrected chi connectivity index (χ2v) is 15.7. The van der Waals surface area contributed by atoms with Crippen LogP contribution >= 0.6 is 0 Å².